The number of aliphatic hydroxyl groups is 1. The number of pyridine rings is 1. The predicted octanol–water partition coefficient (Wildman–Crippen LogP) is 0.591. The van der Waals surface area contributed by atoms with Crippen LogP contribution in [0.15, 0.2) is 23.2 Å². The molecule has 0 amide bonds. The fourth-order valence-corrected chi connectivity index (χ4v) is 1.72. The second-order valence-corrected chi connectivity index (χ2v) is 4.07. The van der Waals surface area contributed by atoms with E-state index in [0.29, 0.717) is 11.6 Å². The van der Waals surface area contributed by atoms with Crippen molar-refractivity contribution in [2.24, 2.45) is 0 Å². The normalized spacial score (nSPS) is 12.3. The maximum atomic E-state index is 10.3. The van der Waals surface area contributed by atoms with Gasteiger partial charge in [0.25, 0.3) is 0 Å². The summed E-state index contributed by atoms with van der Waals surface area (Å²) in [6, 6.07) is 3.44. The number of aromatic nitrogens is 1. The Bertz CT molecular complexity index is 329. The zero-order valence-electron chi connectivity index (χ0n) is 7.96. The number of carbonyl (C=O) groups is 1. The number of nitrogens with zero attached hydrogens (tertiary/aromatic N) is 1. The third-order valence-electron chi connectivity index (χ3n) is 1.61. The van der Waals surface area contributed by atoms with Gasteiger partial charge in [0.2, 0.25) is 0 Å². The fourth-order valence-electron chi connectivity index (χ4n) is 0.930. The van der Waals surface area contributed by atoms with Crippen LogP contribution in [0.3, 0.4) is 0 Å². The summed E-state index contributed by atoms with van der Waals surface area (Å²) in [5.74, 6) is -0.235. The molecule has 0 aliphatic rings. The molecule has 0 saturated heterocycles. The zero-order chi connectivity index (χ0) is 11.3. The molecule has 1 aromatic heterocycles. The van der Waals surface area contributed by atoms with Crippen molar-refractivity contribution in [1.29, 1.82) is 0 Å². The Morgan fingerprint density at radius 3 is 2.87 bits per heavy atom. The lowest BCUT2D eigenvalue weighted by Gasteiger charge is -2.06. The van der Waals surface area contributed by atoms with E-state index >= 15 is 0 Å². The van der Waals surface area contributed by atoms with Crippen LogP contribution in [0.1, 0.15) is 6.42 Å². The molecule has 4 N–H and O–H groups in total. The highest BCUT2D eigenvalue weighted by Crippen LogP contribution is 2.18. The summed E-state index contributed by atoms with van der Waals surface area (Å²) in [5, 5.41) is 17.7. The van der Waals surface area contributed by atoms with Gasteiger partial charge < -0.3 is 15.9 Å². The highest BCUT2D eigenvalue weighted by atomic mass is 32.2. The summed E-state index contributed by atoms with van der Waals surface area (Å²) in [6.07, 6.45) is 0.508. The van der Waals surface area contributed by atoms with E-state index in [1.165, 1.54) is 11.8 Å². The smallest absolute Gasteiger partial charge is 0.306 e. The van der Waals surface area contributed by atoms with Crippen molar-refractivity contribution in [2.75, 3.05) is 11.5 Å². The van der Waals surface area contributed by atoms with Crippen LogP contribution in [0.2, 0.25) is 0 Å². The molecule has 82 valence electrons. The van der Waals surface area contributed by atoms with Crippen LogP contribution in [-0.2, 0) is 4.79 Å². The molecule has 0 radical (unpaired) electrons. The first-order chi connectivity index (χ1) is 7.08. The van der Waals surface area contributed by atoms with E-state index in [9.17, 15) is 9.90 Å². The molecule has 5 nitrogen and oxygen atoms in total. The Morgan fingerprint density at radius 2 is 2.33 bits per heavy atom. The summed E-state index contributed by atoms with van der Waals surface area (Å²) >= 11 is 1.35. The summed E-state index contributed by atoms with van der Waals surface area (Å²) < 4.78 is 0. The molecule has 0 saturated carbocycles. The molecular weight excluding hydrogens is 216 g/mol. The second-order valence-electron chi connectivity index (χ2n) is 2.98. The number of hydrogen-bond donors (Lipinski definition) is 3. The second kappa shape index (κ2) is 5.57. The van der Waals surface area contributed by atoms with Crippen LogP contribution in [0.4, 0.5) is 5.82 Å². The number of aliphatic carboxylic acids is 1. The Morgan fingerprint density at radius 1 is 1.60 bits per heavy atom. The number of hydrogen-bond acceptors (Lipinski definition) is 5. The molecule has 0 aromatic carbocycles. The van der Waals surface area contributed by atoms with Gasteiger partial charge in [0.1, 0.15) is 5.82 Å². The fraction of sp³-hybridized carbons (Fsp3) is 0.333. The van der Waals surface area contributed by atoms with E-state index in [2.05, 4.69) is 4.98 Å². The molecule has 0 fully saturated rings. The monoisotopic (exact) mass is 228 g/mol. The zero-order valence-corrected chi connectivity index (χ0v) is 8.78. The van der Waals surface area contributed by atoms with Gasteiger partial charge in [-0.1, -0.05) is 0 Å². The van der Waals surface area contributed by atoms with Crippen molar-refractivity contribution in [3.63, 3.8) is 0 Å². The van der Waals surface area contributed by atoms with E-state index < -0.39 is 12.1 Å². The Kier molecular flexibility index (Phi) is 4.38. The van der Waals surface area contributed by atoms with Crippen molar-refractivity contribution in [1.82, 2.24) is 4.98 Å². The lowest BCUT2D eigenvalue weighted by Crippen LogP contribution is -2.15. The molecule has 1 heterocycles. The average Bonchev–Trinajstić information content (AvgIpc) is 2.16. The van der Waals surface area contributed by atoms with E-state index in [1.807, 2.05) is 0 Å². The highest BCUT2D eigenvalue weighted by molar-refractivity contribution is 7.99. The number of nitrogens with two attached hydrogens (primary N) is 1. The molecule has 1 rings (SSSR count). The Labute approximate surface area is 91.3 Å². The third-order valence-corrected chi connectivity index (χ3v) is 2.74. The van der Waals surface area contributed by atoms with Gasteiger partial charge in [-0.2, -0.15) is 0 Å². The average molecular weight is 228 g/mol. The first-order valence-corrected chi connectivity index (χ1v) is 5.30. The summed E-state index contributed by atoms with van der Waals surface area (Å²) in [7, 11) is 0. The van der Waals surface area contributed by atoms with Gasteiger partial charge in [-0.05, 0) is 12.1 Å². The maximum absolute atomic E-state index is 10.3. The van der Waals surface area contributed by atoms with Gasteiger partial charge in [0.15, 0.2) is 0 Å². The number of carboxylic acids is 1. The third kappa shape index (κ3) is 4.66. The molecule has 0 bridgehead atoms. The van der Waals surface area contributed by atoms with E-state index in [0.717, 1.165) is 4.90 Å². The number of nitrogen functional groups attached to an aromatic ring is 1. The molecule has 1 unspecified atom stereocenters. The van der Waals surface area contributed by atoms with Gasteiger partial charge in [-0.25, -0.2) is 4.98 Å². The Balaban J connectivity index is 2.36. The molecule has 6 heteroatoms. The molecular formula is C9H12N2O3S. The number of anilines is 1. The lowest BCUT2D eigenvalue weighted by atomic mass is 10.3. The van der Waals surface area contributed by atoms with Crippen LogP contribution < -0.4 is 5.73 Å². The van der Waals surface area contributed by atoms with Crippen LogP contribution in [-0.4, -0.2) is 33.0 Å². The van der Waals surface area contributed by atoms with Crippen molar-refractivity contribution in [2.45, 2.75) is 17.4 Å². The summed E-state index contributed by atoms with van der Waals surface area (Å²) in [6.45, 7) is 0. The van der Waals surface area contributed by atoms with Gasteiger partial charge >= 0.3 is 5.97 Å². The van der Waals surface area contributed by atoms with Crippen molar-refractivity contribution >= 4 is 23.5 Å². The van der Waals surface area contributed by atoms with E-state index in [4.69, 9.17) is 10.8 Å². The van der Waals surface area contributed by atoms with Gasteiger partial charge in [0, 0.05) is 16.8 Å². The number of carboxylic acid groups (broad SMARTS) is 1. The quantitative estimate of drug-likeness (QED) is 0.638. The molecule has 1 aromatic rings. The lowest BCUT2D eigenvalue weighted by molar-refractivity contribution is -0.138. The number of rotatable bonds is 5. The molecule has 0 aliphatic carbocycles. The number of aliphatic hydroxyl groups excluding tert-OH is 1. The van der Waals surface area contributed by atoms with E-state index in [1.54, 1.807) is 18.3 Å². The van der Waals surface area contributed by atoms with Gasteiger partial charge in [-0.15, -0.1) is 11.8 Å². The maximum Gasteiger partial charge on any atom is 0.306 e. The van der Waals surface area contributed by atoms with Crippen molar-refractivity contribution < 1.29 is 15.0 Å². The molecule has 1 atom stereocenters. The van der Waals surface area contributed by atoms with Crippen LogP contribution in [0, 0.1) is 0 Å². The first-order valence-electron chi connectivity index (χ1n) is 4.32. The molecule has 0 aliphatic heterocycles. The van der Waals surface area contributed by atoms with E-state index in [-0.39, 0.29) is 6.42 Å². The number of thioether (sulfide) groups is 1. The van der Waals surface area contributed by atoms with Gasteiger partial charge in [-0.3, -0.25) is 4.79 Å². The predicted molar refractivity (Wildman–Crippen MR) is 57.6 cm³/mol. The molecule has 15 heavy (non-hydrogen) atoms. The van der Waals surface area contributed by atoms with Crippen LogP contribution in [0.5, 0.6) is 0 Å². The summed E-state index contributed by atoms with van der Waals surface area (Å²) in [4.78, 5) is 15.0. The van der Waals surface area contributed by atoms with Gasteiger partial charge in [0.05, 0.1) is 12.5 Å². The van der Waals surface area contributed by atoms with Crippen molar-refractivity contribution in [3.05, 3.63) is 18.3 Å². The minimum absolute atomic E-state index is 0.241. The summed E-state index contributed by atoms with van der Waals surface area (Å²) in [5.41, 5.74) is 5.40. The Hall–Kier alpha value is -1.27. The SMILES string of the molecule is Nc1ccc(SCC(O)CC(=O)O)cn1. The largest absolute Gasteiger partial charge is 0.481 e. The van der Waals surface area contributed by atoms with Crippen LogP contribution in [0.25, 0.3) is 0 Å². The standard InChI is InChI=1S/C9H12N2O3S/c10-8-2-1-7(4-11-8)15-5-6(12)3-9(13)14/h1-2,4,6,12H,3,5H2,(H2,10,11)(H,13,14). The highest BCUT2D eigenvalue weighted by Gasteiger charge is 2.09. The molecule has 0 spiro atoms. The van der Waals surface area contributed by atoms with Crippen molar-refractivity contribution in [3.8, 4) is 0 Å². The minimum Gasteiger partial charge on any atom is -0.481 e. The topological polar surface area (TPSA) is 96.4 Å². The minimum atomic E-state index is -1.00. The first kappa shape index (κ1) is 11.8. The van der Waals surface area contributed by atoms with Crippen LogP contribution >= 0.6 is 11.8 Å².